The van der Waals surface area contributed by atoms with E-state index >= 15 is 0 Å². The normalized spacial score (nSPS) is 11.2. The van der Waals surface area contributed by atoms with Gasteiger partial charge in [-0.2, -0.15) is 8.42 Å². The van der Waals surface area contributed by atoms with Crippen LogP contribution in [0.25, 0.3) is 0 Å². The summed E-state index contributed by atoms with van der Waals surface area (Å²) in [7, 11) is -4.01. The lowest BCUT2D eigenvalue weighted by molar-refractivity contribution is 0.121. The molecule has 112 valence electrons. The van der Waals surface area contributed by atoms with Gasteiger partial charge >= 0.3 is 16.3 Å². The van der Waals surface area contributed by atoms with Gasteiger partial charge in [-0.3, -0.25) is 4.72 Å². The van der Waals surface area contributed by atoms with Gasteiger partial charge < -0.3 is 4.74 Å². The number of anilines is 1. The average Bonchev–Trinajstić information content (AvgIpc) is 2.29. The molecule has 0 radical (unpaired) electrons. The lowest BCUT2D eigenvalue weighted by Crippen LogP contribution is -2.36. The number of alkyl halides is 1. The second-order valence-electron chi connectivity index (χ2n) is 4.30. The van der Waals surface area contributed by atoms with E-state index in [4.69, 9.17) is 16.3 Å². The summed E-state index contributed by atoms with van der Waals surface area (Å²) in [6, 6.07) is 6.70. The molecule has 8 heteroatoms. The minimum Gasteiger partial charge on any atom is -0.446 e. The van der Waals surface area contributed by atoms with Crippen molar-refractivity contribution in [3.63, 3.8) is 0 Å². The van der Waals surface area contributed by atoms with Crippen LogP contribution in [-0.2, 0) is 21.4 Å². The van der Waals surface area contributed by atoms with E-state index in [1.54, 1.807) is 42.8 Å². The number of carbonyl (C=O) groups excluding carboxylic acids is 1. The molecule has 0 spiro atoms. The molecule has 0 aliphatic heterocycles. The first-order valence-corrected chi connectivity index (χ1v) is 8.00. The van der Waals surface area contributed by atoms with Gasteiger partial charge in [-0.1, -0.05) is 12.1 Å². The van der Waals surface area contributed by atoms with E-state index in [-0.39, 0.29) is 0 Å². The second-order valence-corrected chi connectivity index (χ2v) is 6.09. The fraction of sp³-hybridized carbons (Fsp3) is 0.417. The van der Waals surface area contributed by atoms with E-state index in [0.717, 1.165) is 5.56 Å². The van der Waals surface area contributed by atoms with Crippen LogP contribution in [0.3, 0.4) is 0 Å². The van der Waals surface area contributed by atoms with Crippen LogP contribution in [0.1, 0.15) is 19.4 Å². The maximum absolute atomic E-state index is 11.7. The molecule has 20 heavy (non-hydrogen) atoms. The Morgan fingerprint density at radius 2 is 1.90 bits per heavy atom. The number of ether oxygens (including phenoxy) is 1. The molecule has 0 saturated carbocycles. The Balaban J connectivity index is 2.64. The molecule has 0 heterocycles. The Morgan fingerprint density at radius 3 is 2.40 bits per heavy atom. The van der Waals surface area contributed by atoms with Gasteiger partial charge in [0.2, 0.25) is 0 Å². The Hall–Kier alpha value is -1.47. The molecule has 6 nitrogen and oxygen atoms in total. The van der Waals surface area contributed by atoms with Gasteiger partial charge in [0.15, 0.2) is 0 Å². The highest BCUT2D eigenvalue weighted by molar-refractivity contribution is 7.91. The van der Waals surface area contributed by atoms with Crippen molar-refractivity contribution in [1.82, 2.24) is 4.72 Å². The van der Waals surface area contributed by atoms with Crippen molar-refractivity contribution in [2.75, 3.05) is 10.6 Å². The summed E-state index contributed by atoms with van der Waals surface area (Å²) in [6.07, 6.45) is -0.723. The number of amides is 1. The number of hydrogen-bond donors (Lipinski definition) is 2. The second kappa shape index (κ2) is 7.35. The molecular formula is C12H17ClN2O4S. The van der Waals surface area contributed by atoms with E-state index < -0.39 is 22.4 Å². The van der Waals surface area contributed by atoms with Crippen LogP contribution in [0.4, 0.5) is 10.5 Å². The predicted octanol–water partition coefficient (Wildman–Crippen LogP) is 2.26. The summed E-state index contributed by atoms with van der Waals surface area (Å²) >= 11 is 5.61. The molecule has 1 aromatic carbocycles. The van der Waals surface area contributed by atoms with Crippen LogP contribution in [0, 0.1) is 0 Å². The lowest BCUT2D eigenvalue weighted by Gasteiger charge is -2.11. The van der Waals surface area contributed by atoms with E-state index in [1.807, 2.05) is 0 Å². The van der Waals surface area contributed by atoms with Gasteiger partial charge in [-0.05, 0) is 38.0 Å². The molecule has 0 unspecified atom stereocenters. The molecule has 1 aromatic rings. The highest BCUT2D eigenvalue weighted by Gasteiger charge is 2.16. The van der Waals surface area contributed by atoms with Crippen molar-refractivity contribution >= 4 is 33.6 Å². The number of aryl methyl sites for hydroxylation is 1. The molecule has 0 aromatic heterocycles. The molecule has 2 N–H and O–H groups in total. The Labute approximate surface area is 123 Å². The van der Waals surface area contributed by atoms with E-state index in [0.29, 0.717) is 18.0 Å². The van der Waals surface area contributed by atoms with Crippen LogP contribution in [0.15, 0.2) is 24.3 Å². The highest BCUT2D eigenvalue weighted by atomic mass is 35.5. The van der Waals surface area contributed by atoms with Crippen molar-refractivity contribution in [2.24, 2.45) is 0 Å². The van der Waals surface area contributed by atoms with E-state index in [2.05, 4.69) is 4.72 Å². The Bertz CT molecular complexity index is 543. The number of benzene rings is 1. The number of carbonyl (C=O) groups is 1. The van der Waals surface area contributed by atoms with E-state index in [1.165, 1.54) is 0 Å². The summed E-state index contributed by atoms with van der Waals surface area (Å²) in [6.45, 7) is 3.24. The molecule has 1 amide bonds. The smallest absolute Gasteiger partial charge is 0.422 e. The van der Waals surface area contributed by atoms with Crippen molar-refractivity contribution in [2.45, 2.75) is 26.4 Å². The van der Waals surface area contributed by atoms with Crippen molar-refractivity contribution in [3.05, 3.63) is 29.8 Å². The van der Waals surface area contributed by atoms with Crippen LogP contribution in [0.5, 0.6) is 0 Å². The minimum absolute atomic E-state index is 0.341. The zero-order chi connectivity index (χ0) is 15.2. The largest absolute Gasteiger partial charge is 0.446 e. The molecule has 0 aliphatic rings. The number of rotatable bonds is 6. The third kappa shape index (κ3) is 6.12. The molecule has 0 fully saturated rings. The monoisotopic (exact) mass is 320 g/mol. The SMILES string of the molecule is CC(C)OC(=O)NS(=O)(=O)Nc1ccc(CCCl)cc1. The number of halogens is 1. The Kier molecular flexibility index (Phi) is 6.09. The van der Waals surface area contributed by atoms with Gasteiger partial charge in [-0.25, -0.2) is 9.52 Å². The molecule has 1 rings (SSSR count). The maximum atomic E-state index is 11.7. The Morgan fingerprint density at radius 1 is 1.30 bits per heavy atom. The topological polar surface area (TPSA) is 84.5 Å². The van der Waals surface area contributed by atoms with Crippen LogP contribution < -0.4 is 9.44 Å². The molecular weight excluding hydrogens is 304 g/mol. The summed E-state index contributed by atoms with van der Waals surface area (Å²) in [5, 5.41) is 0. The van der Waals surface area contributed by atoms with Gasteiger partial charge in [0, 0.05) is 5.88 Å². The van der Waals surface area contributed by atoms with Crippen molar-refractivity contribution in [1.29, 1.82) is 0 Å². The first kappa shape index (κ1) is 16.6. The summed E-state index contributed by atoms with van der Waals surface area (Å²) in [5.74, 6) is 0.494. The van der Waals surface area contributed by atoms with Crippen LogP contribution in [0.2, 0.25) is 0 Å². The molecule has 0 aliphatic carbocycles. The third-order valence-corrected chi connectivity index (χ3v) is 3.28. The van der Waals surface area contributed by atoms with Crippen LogP contribution in [-0.4, -0.2) is 26.5 Å². The van der Waals surface area contributed by atoms with Crippen LogP contribution >= 0.6 is 11.6 Å². The average molecular weight is 321 g/mol. The summed E-state index contributed by atoms with van der Waals surface area (Å²) in [5.41, 5.74) is 1.34. The first-order chi connectivity index (χ1) is 9.32. The molecule has 0 saturated heterocycles. The summed E-state index contributed by atoms with van der Waals surface area (Å²) < 4.78 is 32.0. The van der Waals surface area contributed by atoms with E-state index in [9.17, 15) is 13.2 Å². The van der Waals surface area contributed by atoms with Gasteiger partial charge in [0.1, 0.15) is 0 Å². The predicted molar refractivity (Wildman–Crippen MR) is 78.2 cm³/mol. The van der Waals surface area contributed by atoms with Gasteiger partial charge in [-0.15, -0.1) is 11.6 Å². The minimum atomic E-state index is -4.01. The van der Waals surface area contributed by atoms with Crippen molar-refractivity contribution < 1.29 is 17.9 Å². The molecule has 0 atom stereocenters. The van der Waals surface area contributed by atoms with Gasteiger partial charge in [0.05, 0.1) is 11.8 Å². The van der Waals surface area contributed by atoms with Gasteiger partial charge in [0.25, 0.3) is 0 Å². The number of hydrogen-bond acceptors (Lipinski definition) is 4. The fourth-order valence-corrected chi connectivity index (χ4v) is 2.36. The lowest BCUT2D eigenvalue weighted by atomic mass is 10.2. The zero-order valence-corrected chi connectivity index (χ0v) is 12.8. The fourth-order valence-electron chi connectivity index (χ4n) is 1.38. The number of nitrogens with one attached hydrogen (secondary N) is 2. The van der Waals surface area contributed by atoms with Crippen molar-refractivity contribution in [3.8, 4) is 0 Å². The summed E-state index contributed by atoms with van der Waals surface area (Å²) in [4.78, 5) is 11.2. The highest BCUT2D eigenvalue weighted by Crippen LogP contribution is 2.11. The molecule has 0 bridgehead atoms. The zero-order valence-electron chi connectivity index (χ0n) is 11.2. The third-order valence-electron chi connectivity index (χ3n) is 2.15. The standard InChI is InChI=1S/C12H17ClN2O4S/c1-9(2)19-12(16)15-20(17,18)14-11-5-3-10(4-6-11)7-8-13/h3-6,9,14H,7-8H2,1-2H3,(H,15,16). The maximum Gasteiger partial charge on any atom is 0.422 e. The quantitative estimate of drug-likeness (QED) is 0.787. The first-order valence-electron chi connectivity index (χ1n) is 5.98.